The van der Waals surface area contributed by atoms with Crippen LogP contribution in [0.25, 0.3) is 0 Å². The second kappa shape index (κ2) is 4.71. The van der Waals surface area contributed by atoms with E-state index in [0.29, 0.717) is 0 Å². The van der Waals surface area contributed by atoms with E-state index in [4.69, 9.17) is 9.47 Å². The molecule has 1 N–H and O–H groups in total. The summed E-state index contributed by atoms with van der Waals surface area (Å²) in [5, 5.41) is 3.61. The highest BCUT2D eigenvalue weighted by Gasteiger charge is 2.30. The summed E-state index contributed by atoms with van der Waals surface area (Å²) >= 11 is 0. The van der Waals surface area contributed by atoms with Crippen molar-refractivity contribution in [2.45, 2.75) is 51.2 Å². The predicted octanol–water partition coefficient (Wildman–Crippen LogP) is 2.70. The summed E-state index contributed by atoms with van der Waals surface area (Å²) in [6.07, 6.45) is 4.76. The van der Waals surface area contributed by atoms with Gasteiger partial charge in [0.1, 0.15) is 17.6 Å². The zero-order chi connectivity index (χ0) is 13.5. The Morgan fingerprint density at radius 2 is 2.32 bits per heavy atom. The standard InChI is InChI=1S/C16H23NO2/c1-11-7-12-8-14(18-3)13(9-15(12)19-11)10-16(2)5-4-6-17-16/h8-9,11,17H,4-7,10H2,1-3H3. The van der Waals surface area contributed by atoms with Crippen molar-refractivity contribution in [2.75, 3.05) is 13.7 Å². The molecule has 3 rings (SSSR count). The van der Waals surface area contributed by atoms with Crippen LogP contribution in [0.3, 0.4) is 0 Å². The van der Waals surface area contributed by atoms with Gasteiger partial charge < -0.3 is 14.8 Å². The van der Waals surface area contributed by atoms with Gasteiger partial charge in [0, 0.05) is 17.5 Å². The maximum atomic E-state index is 5.87. The van der Waals surface area contributed by atoms with Crippen LogP contribution in [0, 0.1) is 0 Å². The second-order valence-electron chi connectivity index (χ2n) is 6.17. The van der Waals surface area contributed by atoms with Gasteiger partial charge in [0.25, 0.3) is 0 Å². The highest BCUT2D eigenvalue weighted by atomic mass is 16.5. The van der Waals surface area contributed by atoms with E-state index in [-0.39, 0.29) is 11.6 Å². The quantitative estimate of drug-likeness (QED) is 0.907. The van der Waals surface area contributed by atoms with E-state index >= 15 is 0 Å². The molecule has 1 aromatic rings. The first kappa shape index (κ1) is 12.8. The van der Waals surface area contributed by atoms with Crippen LogP contribution in [-0.2, 0) is 12.8 Å². The zero-order valence-electron chi connectivity index (χ0n) is 12.1. The number of methoxy groups -OCH3 is 1. The van der Waals surface area contributed by atoms with E-state index < -0.39 is 0 Å². The zero-order valence-corrected chi connectivity index (χ0v) is 12.1. The van der Waals surface area contributed by atoms with Crippen LogP contribution in [0.15, 0.2) is 12.1 Å². The summed E-state index contributed by atoms with van der Waals surface area (Å²) in [5.41, 5.74) is 2.73. The van der Waals surface area contributed by atoms with Crippen molar-refractivity contribution in [1.29, 1.82) is 0 Å². The lowest BCUT2D eigenvalue weighted by Gasteiger charge is -2.25. The van der Waals surface area contributed by atoms with Crippen molar-refractivity contribution in [3.05, 3.63) is 23.3 Å². The number of fused-ring (bicyclic) bond motifs is 1. The summed E-state index contributed by atoms with van der Waals surface area (Å²) in [6.45, 7) is 5.54. The molecule has 0 spiro atoms. The van der Waals surface area contributed by atoms with E-state index in [0.717, 1.165) is 30.9 Å². The van der Waals surface area contributed by atoms with Crippen LogP contribution < -0.4 is 14.8 Å². The molecule has 3 heteroatoms. The Kier molecular flexibility index (Phi) is 3.17. The molecule has 0 amide bonds. The molecule has 2 heterocycles. The van der Waals surface area contributed by atoms with Gasteiger partial charge in [-0.3, -0.25) is 0 Å². The number of rotatable bonds is 3. The molecule has 0 bridgehead atoms. The Bertz CT molecular complexity index is 478. The molecule has 19 heavy (non-hydrogen) atoms. The number of ether oxygens (including phenoxy) is 2. The molecule has 3 nitrogen and oxygen atoms in total. The topological polar surface area (TPSA) is 30.5 Å². The van der Waals surface area contributed by atoms with Gasteiger partial charge in [0.05, 0.1) is 7.11 Å². The maximum absolute atomic E-state index is 5.87. The minimum absolute atomic E-state index is 0.200. The van der Waals surface area contributed by atoms with Crippen molar-refractivity contribution in [3.8, 4) is 11.5 Å². The first-order chi connectivity index (χ1) is 9.09. The Morgan fingerprint density at radius 3 is 3.00 bits per heavy atom. The van der Waals surface area contributed by atoms with Gasteiger partial charge in [-0.25, -0.2) is 0 Å². The predicted molar refractivity (Wildman–Crippen MR) is 76.1 cm³/mol. The van der Waals surface area contributed by atoms with Gasteiger partial charge in [-0.1, -0.05) is 0 Å². The van der Waals surface area contributed by atoms with E-state index in [1.807, 2.05) is 0 Å². The molecule has 0 aliphatic carbocycles. The third-order valence-electron chi connectivity index (χ3n) is 4.34. The second-order valence-corrected chi connectivity index (χ2v) is 6.17. The minimum Gasteiger partial charge on any atom is -0.496 e. The average Bonchev–Trinajstić information content (AvgIpc) is 2.93. The van der Waals surface area contributed by atoms with Gasteiger partial charge in [-0.15, -0.1) is 0 Å². The van der Waals surface area contributed by atoms with Crippen molar-refractivity contribution < 1.29 is 9.47 Å². The number of nitrogens with one attached hydrogen (secondary N) is 1. The van der Waals surface area contributed by atoms with Crippen LogP contribution in [-0.4, -0.2) is 25.3 Å². The van der Waals surface area contributed by atoms with Gasteiger partial charge in [-0.05, 0) is 57.4 Å². The first-order valence-corrected chi connectivity index (χ1v) is 7.21. The molecular formula is C16H23NO2. The summed E-state index contributed by atoms with van der Waals surface area (Å²) in [7, 11) is 1.76. The summed E-state index contributed by atoms with van der Waals surface area (Å²) in [4.78, 5) is 0. The van der Waals surface area contributed by atoms with E-state index in [1.165, 1.54) is 24.0 Å². The lowest BCUT2D eigenvalue weighted by Crippen LogP contribution is -2.38. The fourth-order valence-electron chi connectivity index (χ4n) is 3.34. The first-order valence-electron chi connectivity index (χ1n) is 7.21. The molecule has 2 unspecified atom stereocenters. The molecule has 2 atom stereocenters. The Morgan fingerprint density at radius 1 is 1.47 bits per heavy atom. The molecule has 104 valence electrons. The molecular weight excluding hydrogens is 238 g/mol. The molecule has 1 saturated heterocycles. The molecule has 0 saturated carbocycles. The van der Waals surface area contributed by atoms with Gasteiger partial charge in [0.15, 0.2) is 0 Å². The Balaban J connectivity index is 1.90. The van der Waals surface area contributed by atoms with E-state index in [1.54, 1.807) is 7.11 Å². The minimum atomic E-state index is 0.200. The molecule has 2 aliphatic rings. The number of hydrogen-bond acceptors (Lipinski definition) is 3. The lowest BCUT2D eigenvalue weighted by molar-refractivity contribution is 0.254. The molecule has 1 fully saturated rings. The van der Waals surface area contributed by atoms with Gasteiger partial charge >= 0.3 is 0 Å². The molecule has 0 radical (unpaired) electrons. The Hall–Kier alpha value is -1.22. The highest BCUT2D eigenvalue weighted by Crippen LogP contribution is 2.37. The van der Waals surface area contributed by atoms with Crippen LogP contribution in [0.5, 0.6) is 11.5 Å². The summed E-state index contributed by atoms with van der Waals surface area (Å²) in [6, 6.07) is 4.34. The fraction of sp³-hybridized carbons (Fsp3) is 0.625. The Labute approximate surface area is 115 Å². The average molecular weight is 261 g/mol. The van der Waals surface area contributed by atoms with Crippen molar-refractivity contribution in [3.63, 3.8) is 0 Å². The lowest BCUT2D eigenvalue weighted by atomic mass is 9.90. The van der Waals surface area contributed by atoms with Gasteiger partial charge in [0.2, 0.25) is 0 Å². The monoisotopic (exact) mass is 261 g/mol. The third kappa shape index (κ3) is 2.44. The normalized spacial score (nSPS) is 29.1. The fourth-order valence-corrected chi connectivity index (χ4v) is 3.34. The van der Waals surface area contributed by atoms with Crippen molar-refractivity contribution in [2.24, 2.45) is 0 Å². The van der Waals surface area contributed by atoms with Crippen molar-refractivity contribution >= 4 is 0 Å². The summed E-state index contributed by atoms with van der Waals surface area (Å²) < 4.78 is 11.4. The van der Waals surface area contributed by atoms with E-state index in [2.05, 4.69) is 31.3 Å². The van der Waals surface area contributed by atoms with Crippen LogP contribution in [0.1, 0.15) is 37.8 Å². The largest absolute Gasteiger partial charge is 0.496 e. The SMILES string of the molecule is COc1cc2c(cc1CC1(C)CCCN1)OC(C)C2. The van der Waals surface area contributed by atoms with Gasteiger partial charge in [-0.2, -0.15) is 0 Å². The number of hydrogen-bond donors (Lipinski definition) is 1. The van der Waals surface area contributed by atoms with Crippen molar-refractivity contribution in [1.82, 2.24) is 5.32 Å². The molecule has 1 aromatic carbocycles. The molecule has 2 aliphatic heterocycles. The third-order valence-corrected chi connectivity index (χ3v) is 4.34. The highest BCUT2D eigenvalue weighted by molar-refractivity contribution is 5.49. The summed E-state index contributed by atoms with van der Waals surface area (Å²) in [5.74, 6) is 2.05. The number of benzene rings is 1. The van der Waals surface area contributed by atoms with Crippen LogP contribution in [0.4, 0.5) is 0 Å². The maximum Gasteiger partial charge on any atom is 0.123 e. The van der Waals surface area contributed by atoms with E-state index in [9.17, 15) is 0 Å². The molecule has 0 aromatic heterocycles. The smallest absolute Gasteiger partial charge is 0.123 e. The van der Waals surface area contributed by atoms with Crippen LogP contribution in [0.2, 0.25) is 0 Å². The van der Waals surface area contributed by atoms with Crippen LogP contribution >= 0.6 is 0 Å².